The monoisotopic (exact) mass is 347 g/mol. The third-order valence-corrected chi connectivity index (χ3v) is 7.38. The Morgan fingerprint density at radius 3 is 2.79 bits per heavy atom. The minimum absolute atomic E-state index is 0.0264. The minimum Gasteiger partial charge on any atom is -0.274 e. The van der Waals surface area contributed by atoms with Gasteiger partial charge in [-0.2, -0.15) is 5.10 Å². The highest BCUT2D eigenvalue weighted by molar-refractivity contribution is 7.90. The molecule has 1 aromatic carbocycles. The summed E-state index contributed by atoms with van der Waals surface area (Å²) < 4.78 is 29.1. The average molecular weight is 347 g/mol. The fourth-order valence-electron chi connectivity index (χ4n) is 4.41. The first-order valence-electron chi connectivity index (χ1n) is 8.39. The normalized spacial score (nSPS) is 26.1. The molecule has 1 N–H and O–H groups in total. The van der Waals surface area contributed by atoms with E-state index < -0.39 is 21.2 Å². The van der Waals surface area contributed by atoms with Gasteiger partial charge in [0.15, 0.2) is 0 Å². The Balaban J connectivity index is 1.50. The van der Waals surface area contributed by atoms with Crippen LogP contribution in [0.3, 0.4) is 0 Å². The molecule has 2 aliphatic rings. The first-order chi connectivity index (χ1) is 11.4. The number of rotatable bonds is 4. The lowest BCUT2D eigenvalue weighted by molar-refractivity contribution is -0.118. The average Bonchev–Trinajstić information content (AvgIpc) is 3.23. The smallest absolute Gasteiger partial charge is 0.239 e. The van der Waals surface area contributed by atoms with Crippen LogP contribution in [0.4, 0.5) is 0 Å². The Bertz CT molecular complexity index is 903. The summed E-state index contributed by atoms with van der Waals surface area (Å²) in [5, 5.41) is 4.84. The number of carbonyl (C=O) groups excluding carboxylic acids is 1. The van der Waals surface area contributed by atoms with Gasteiger partial charge in [-0.15, -0.1) is 0 Å². The number of aryl methyl sites for hydroxylation is 1. The van der Waals surface area contributed by atoms with E-state index in [1.165, 1.54) is 0 Å². The quantitative estimate of drug-likeness (QED) is 0.914. The number of para-hydroxylation sites is 1. The summed E-state index contributed by atoms with van der Waals surface area (Å²) in [6.07, 6.45) is 3.76. The summed E-state index contributed by atoms with van der Waals surface area (Å²) in [5.74, 6) is 0.240. The standard InChI is InChI=1S/C17H21N3O3S/c1-20-15-5-3-2-4-13(15)14(18-20)10-17(21)19-24(22,23)16-9-11-6-7-12(16)8-11/h2-5,11-12,16H,6-10H2,1H3,(H,19,21)/t11-,12+,16?/m1/s1. The fourth-order valence-corrected chi connectivity index (χ4v) is 6.23. The molecular weight excluding hydrogens is 326 g/mol. The zero-order chi connectivity index (χ0) is 16.9. The van der Waals surface area contributed by atoms with Crippen molar-refractivity contribution in [2.24, 2.45) is 18.9 Å². The molecule has 2 bridgehead atoms. The van der Waals surface area contributed by atoms with Crippen molar-refractivity contribution in [2.75, 3.05) is 0 Å². The molecule has 4 rings (SSSR count). The summed E-state index contributed by atoms with van der Waals surface area (Å²) >= 11 is 0. The van der Waals surface area contributed by atoms with Crippen molar-refractivity contribution >= 4 is 26.8 Å². The summed E-state index contributed by atoms with van der Waals surface area (Å²) in [6.45, 7) is 0. The van der Waals surface area contributed by atoms with Crippen molar-refractivity contribution in [1.29, 1.82) is 0 Å². The van der Waals surface area contributed by atoms with Gasteiger partial charge < -0.3 is 0 Å². The third-order valence-electron chi connectivity index (χ3n) is 5.49. The molecule has 0 saturated heterocycles. The maximum Gasteiger partial charge on any atom is 0.239 e. The molecule has 0 radical (unpaired) electrons. The molecule has 2 saturated carbocycles. The van der Waals surface area contributed by atoms with E-state index in [1.54, 1.807) is 4.68 Å². The zero-order valence-electron chi connectivity index (χ0n) is 13.6. The molecule has 3 atom stereocenters. The highest BCUT2D eigenvalue weighted by Crippen LogP contribution is 2.47. The van der Waals surface area contributed by atoms with Crippen molar-refractivity contribution in [3.05, 3.63) is 30.0 Å². The summed E-state index contributed by atoms with van der Waals surface area (Å²) in [5.41, 5.74) is 1.53. The van der Waals surface area contributed by atoms with Gasteiger partial charge in [0.25, 0.3) is 0 Å². The Labute approximate surface area is 141 Å². The Kier molecular flexibility index (Phi) is 3.63. The number of benzene rings is 1. The molecule has 2 aromatic rings. The van der Waals surface area contributed by atoms with E-state index in [1.807, 2.05) is 31.3 Å². The van der Waals surface area contributed by atoms with E-state index in [9.17, 15) is 13.2 Å². The molecule has 1 aromatic heterocycles. The fraction of sp³-hybridized carbons (Fsp3) is 0.529. The second-order valence-electron chi connectivity index (χ2n) is 7.05. The van der Waals surface area contributed by atoms with Crippen molar-refractivity contribution in [1.82, 2.24) is 14.5 Å². The summed E-state index contributed by atoms with van der Waals surface area (Å²) in [7, 11) is -1.78. The van der Waals surface area contributed by atoms with Gasteiger partial charge in [0.2, 0.25) is 15.9 Å². The molecule has 6 nitrogen and oxygen atoms in total. The molecule has 1 amide bonds. The molecule has 0 aliphatic heterocycles. The van der Waals surface area contributed by atoms with Gasteiger partial charge in [0, 0.05) is 12.4 Å². The van der Waals surface area contributed by atoms with Crippen LogP contribution in [0.1, 0.15) is 31.4 Å². The summed E-state index contributed by atoms with van der Waals surface area (Å²) in [4.78, 5) is 12.3. The highest BCUT2D eigenvalue weighted by Gasteiger charge is 2.46. The SMILES string of the molecule is Cn1nc(CC(=O)NS(=O)(=O)C2C[C@@H]3CC[C@H]2C3)c2ccccc21. The van der Waals surface area contributed by atoms with E-state index in [0.717, 1.165) is 30.2 Å². The van der Waals surface area contributed by atoms with Crippen LogP contribution in [0.25, 0.3) is 10.9 Å². The van der Waals surface area contributed by atoms with Crippen LogP contribution in [0.15, 0.2) is 24.3 Å². The predicted molar refractivity (Wildman–Crippen MR) is 90.7 cm³/mol. The first kappa shape index (κ1) is 15.6. The molecule has 2 aliphatic carbocycles. The number of nitrogens with zero attached hydrogens (tertiary/aromatic N) is 2. The molecule has 2 fully saturated rings. The third kappa shape index (κ3) is 2.60. The highest BCUT2D eigenvalue weighted by atomic mass is 32.2. The van der Waals surface area contributed by atoms with Crippen molar-refractivity contribution < 1.29 is 13.2 Å². The second-order valence-corrected chi connectivity index (χ2v) is 8.95. The maximum atomic E-state index is 12.5. The van der Waals surface area contributed by atoms with Gasteiger partial charge in [-0.05, 0) is 37.2 Å². The van der Waals surface area contributed by atoms with E-state index in [4.69, 9.17) is 0 Å². The molecule has 1 heterocycles. The number of aromatic nitrogens is 2. The van der Waals surface area contributed by atoms with E-state index in [2.05, 4.69) is 9.82 Å². The van der Waals surface area contributed by atoms with Crippen LogP contribution in [0, 0.1) is 11.8 Å². The lowest BCUT2D eigenvalue weighted by Gasteiger charge is -2.21. The molecule has 0 spiro atoms. The van der Waals surface area contributed by atoms with E-state index in [-0.39, 0.29) is 12.3 Å². The van der Waals surface area contributed by atoms with Gasteiger partial charge >= 0.3 is 0 Å². The minimum atomic E-state index is -3.59. The first-order valence-corrected chi connectivity index (χ1v) is 9.94. The number of amides is 1. The number of nitrogens with one attached hydrogen (secondary N) is 1. The topological polar surface area (TPSA) is 81.1 Å². The Hall–Kier alpha value is -1.89. The molecular formula is C17H21N3O3S. The van der Waals surface area contributed by atoms with E-state index in [0.29, 0.717) is 18.0 Å². The van der Waals surface area contributed by atoms with E-state index >= 15 is 0 Å². The van der Waals surface area contributed by atoms with Gasteiger partial charge in [-0.3, -0.25) is 14.2 Å². The van der Waals surface area contributed by atoms with Crippen LogP contribution in [-0.2, 0) is 28.3 Å². The summed E-state index contributed by atoms with van der Waals surface area (Å²) in [6, 6.07) is 7.62. The van der Waals surface area contributed by atoms with Crippen LogP contribution in [0.5, 0.6) is 0 Å². The van der Waals surface area contributed by atoms with Crippen molar-refractivity contribution in [3.8, 4) is 0 Å². The van der Waals surface area contributed by atoms with Crippen molar-refractivity contribution in [2.45, 2.75) is 37.4 Å². The number of hydrogen-bond acceptors (Lipinski definition) is 4. The lowest BCUT2D eigenvalue weighted by atomic mass is 10.0. The Morgan fingerprint density at radius 2 is 2.08 bits per heavy atom. The number of fused-ring (bicyclic) bond motifs is 3. The number of sulfonamides is 1. The van der Waals surface area contributed by atoms with Crippen LogP contribution < -0.4 is 4.72 Å². The molecule has 1 unspecified atom stereocenters. The second kappa shape index (κ2) is 5.58. The number of carbonyl (C=O) groups is 1. The van der Waals surface area contributed by atoms with Gasteiger partial charge in [0.05, 0.1) is 22.9 Å². The van der Waals surface area contributed by atoms with Gasteiger partial charge in [-0.25, -0.2) is 8.42 Å². The van der Waals surface area contributed by atoms with Crippen LogP contribution in [-0.4, -0.2) is 29.4 Å². The molecule has 128 valence electrons. The Morgan fingerprint density at radius 1 is 1.29 bits per heavy atom. The lowest BCUT2D eigenvalue weighted by Crippen LogP contribution is -2.41. The van der Waals surface area contributed by atoms with Crippen LogP contribution in [0.2, 0.25) is 0 Å². The molecule has 7 heteroatoms. The van der Waals surface area contributed by atoms with Crippen LogP contribution >= 0.6 is 0 Å². The zero-order valence-corrected chi connectivity index (χ0v) is 14.4. The predicted octanol–water partition coefficient (Wildman–Crippen LogP) is 1.75. The van der Waals surface area contributed by atoms with Crippen molar-refractivity contribution in [3.63, 3.8) is 0 Å². The number of hydrogen-bond donors (Lipinski definition) is 1. The largest absolute Gasteiger partial charge is 0.274 e. The maximum absolute atomic E-state index is 12.5. The van der Waals surface area contributed by atoms with Gasteiger partial charge in [-0.1, -0.05) is 24.6 Å². The van der Waals surface area contributed by atoms with Gasteiger partial charge in [0.1, 0.15) is 0 Å². The molecule has 24 heavy (non-hydrogen) atoms.